The van der Waals surface area contributed by atoms with Crippen LogP contribution in [0.25, 0.3) is 5.95 Å². The predicted molar refractivity (Wildman–Crippen MR) is 106 cm³/mol. The first kappa shape index (κ1) is 22.1. The Balaban J connectivity index is 1.65. The van der Waals surface area contributed by atoms with E-state index < -0.39 is 6.36 Å². The number of aromatic nitrogens is 4. The molecule has 0 bridgehead atoms. The smallest absolute Gasteiger partial charge is 0.406 e. The van der Waals surface area contributed by atoms with Crippen molar-refractivity contribution < 1.29 is 22.7 Å². The van der Waals surface area contributed by atoms with Gasteiger partial charge in [-0.2, -0.15) is 5.10 Å². The monoisotopic (exact) mass is 435 g/mol. The number of anilines is 1. The molecule has 2 heterocycles. The third-order valence-corrected chi connectivity index (χ3v) is 4.47. The van der Waals surface area contributed by atoms with Gasteiger partial charge in [0, 0.05) is 29.6 Å². The number of rotatable bonds is 6. The number of aryl methyl sites for hydroxylation is 2. The summed E-state index contributed by atoms with van der Waals surface area (Å²) in [6.07, 6.45) is -4.26. The largest absolute Gasteiger partial charge is 0.573 e. The van der Waals surface area contributed by atoms with Crippen LogP contribution < -0.4 is 15.6 Å². The van der Waals surface area contributed by atoms with Crippen LogP contribution in [0.2, 0.25) is 0 Å². The quantitative estimate of drug-likeness (QED) is 0.618. The lowest BCUT2D eigenvalue weighted by atomic mass is 10.1. The number of carbonyl (C=O) groups is 1. The van der Waals surface area contributed by atoms with Gasteiger partial charge in [0.1, 0.15) is 5.75 Å². The van der Waals surface area contributed by atoms with Gasteiger partial charge in [0.05, 0.1) is 5.69 Å². The summed E-state index contributed by atoms with van der Waals surface area (Å²) in [7, 11) is 0. The summed E-state index contributed by atoms with van der Waals surface area (Å²) >= 11 is 0. The molecule has 2 N–H and O–H groups in total. The molecule has 3 aromatic rings. The fourth-order valence-corrected chi connectivity index (χ4v) is 3.11. The highest BCUT2D eigenvalue weighted by molar-refractivity contribution is 5.90. The fraction of sp³-hybridized carbons (Fsp3) is 0.300. The van der Waals surface area contributed by atoms with Gasteiger partial charge in [-0.25, -0.2) is 9.67 Å². The number of aromatic amines is 1. The van der Waals surface area contributed by atoms with Crippen LogP contribution in [0.5, 0.6) is 5.75 Å². The highest BCUT2D eigenvalue weighted by Gasteiger charge is 2.31. The van der Waals surface area contributed by atoms with Crippen LogP contribution in [0.3, 0.4) is 0 Å². The molecule has 0 aliphatic heterocycles. The van der Waals surface area contributed by atoms with Gasteiger partial charge in [0.15, 0.2) is 0 Å². The zero-order chi connectivity index (χ0) is 22.8. The lowest BCUT2D eigenvalue weighted by Gasteiger charge is -2.10. The topological polar surface area (TPSA) is 102 Å². The minimum absolute atomic E-state index is 0.131. The molecule has 0 saturated carbocycles. The predicted octanol–water partition coefficient (Wildman–Crippen LogP) is 3.35. The number of carbonyl (C=O) groups excluding carboxylic acids is 1. The van der Waals surface area contributed by atoms with Crippen LogP contribution in [0.4, 0.5) is 18.9 Å². The van der Waals surface area contributed by atoms with E-state index >= 15 is 0 Å². The van der Waals surface area contributed by atoms with Gasteiger partial charge in [-0.3, -0.25) is 14.6 Å². The normalized spacial score (nSPS) is 11.4. The standard InChI is InChI=1S/C20H20F3N5O3/c1-11-10-18(30)26-19(24-11)28-13(3)16(12(2)27-28)8-9-17(29)25-14-4-6-15(7-5-14)31-20(21,22)23/h4-7,10H,8-9H2,1-3H3,(H,25,29)(H,24,26,30). The maximum atomic E-state index is 12.3. The van der Waals surface area contributed by atoms with Crippen molar-refractivity contribution in [2.75, 3.05) is 5.32 Å². The summed E-state index contributed by atoms with van der Waals surface area (Å²) in [6, 6.07) is 6.27. The first-order valence-electron chi connectivity index (χ1n) is 9.31. The Morgan fingerprint density at radius 2 is 1.87 bits per heavy atom. The minimum atomic E-state index is -4.77. The van der Waals surface area contributed by atoms with Gasteiger partial charge in [0.25, 0.3) is 5.56 Å². The van der Waals surface area contributed by atoms with E-state index in [0.29, 0.717) is 29.4 Å². The molecule has 11 heteroatoms. The lowest BCUT2D eigenvalue weighted by Crippen LogP contribution is -2.17. The Labute approximate surface area is 175 Å². The fourth-order valence-electron chi connectivity index (χ4n) is 3.11. The molecule has 0 spiro atoms. The van der Waals surface area contributed by atoms with Crippen LogP contribution in [0.15, 0.2) is 35.1 Å². The van der Waals surface area contributed by atoms with Gasteiger partial charge >= 0.3 is 6.36 Å². The molecule has 1 amide bonds. The van der Waals surface area contributed by atoms with E-state index in [1.165, 1.54) is 22.9 Å². The van der Waals surface area contributed by atoms with Crippen molar-refractivity contribution in [3.8, 4) is 11.7 Å². The van der Waals surface area contributed by atoms with Gasteiger partial charge in [-0.1, -0.05) is 0 Å². The maximum absolute atomic E-state index is 12.3. The Kier molecular flexibility index (Phi) is 6.14. The van der Waals surface area contributed by atoms with E-state index in [-0.39, 0.29) is 23.6 Å². The van der Waals surface area contributed by atoms with E-state index in [1.54, 1.807) is 13.8 Å². The Morgan fingerprint density at radius 1 is 1.19 bits per heavy atom. The molecule has 0 aliphatic rings. The summed E-state index contributed by atoms with van der Waals surface area (Å²) in [4.78, 5) is 30.9. The van der Waals surface area contributed by atoms with Gasteiger partial charge in [-0.05, 0) is 57.0 Å². The van der Waals surface area contributed by atoms with Crippen molar-refractivity contribution in [1.82, 2.24) is 19.7 Å². The van der Waals surface area contributed by atoms with E-state index in [9.17, 15) is 22.8 Å². The second-order valence-corrected chi connectivity index (χ2v) is 6.89. The average Bonchev–Trinajstić information content (AvgIpc) is 2.93. The van der Waals surface area contributed by atoms with E-state index in [1.807, 2.05) is 6.92 Å². The number of hydrogen-bond acceptors (Lipinski definition) is 5. The Morgan fingerprint density at radius 3 is 2.48 bits per heavy atom. The van der Waals surface area contributed by atoms with Crippen molar-refractivity contribution >= 4 is 11.6 Å². The van der Waals surface area contributed by atoms with Gasteiger partial charge in [-0.15, -0.1) is 13.2 Å². The molecule has 0 radical (unpaired) electrons. The van der Waals surface area contributed by atoms with E-state index in [2.05, 4.69) is 25.1 Å². The SMILES string of the molecule is Cc1cc(=O)[nH]c(-n2nc(C)c(CCC(=O)Nc3ccc(OC(F)(F)F)cc3)c2C)n1. The van der Waals surface area contributed by atoms with E-state index in [4.69, 9.17) is 0 Å². The molecular formula is C20H20F3N5O3. The second kappa shape index (κ2) is 8.62. The van der Waals surface area contributed by atoms with Crippen LogP contribution in [0, 0.1) is 20.8 Å². The summed E-state index contributed by atoms with van der Waals surface area (Å²) in [6.45, 7) is 5.32. The molecule has 0 atom stereocenters. The number of H-pyrrole nitrogens is 1. The number of alkyl halides is 3. The number of hydrogen-bond donors (Lipinski definition) is 2. The highest BCUT2D eigenvalue weighted by Crippen LogP contribution is 2.24. The van der Waals surface area contributed by atoms with Crippen molar-refractivity contribution in [1.29, 1.82) is 0 Å². The molecule has 164 valence electrons. The van der Waals surface area contributed by atoms with Gasteiger partial charge in [0.2, 0.25) is 11.9 Å². The zero-order valence-electron chi connectivity index (χ0n) is 17.0. The van der Waals surface area contributed by atoms with Crippen molar-refractivity contribution in [3.05, 3.63) is 63.3 Å². The summed E-state index contributed by atoms with van der Waals surface area (Å²) in [5.74, 6) is -0.382. The van der Waals surface area contributed by atoms with Crippen LogP contribution in [0.1, 0.15) is 29.1 Å². The number of ether oxygens (including phenoxy) is 1. The molecule has 1 aromatic carbocycles. The first-order valence-corrected chi connectivity index (χ1v) is 9.31. The van der Waals surface area contributed by atoms with Crippen molar-refractivity contribution in [2.45, 2.75) is 40.0 Å². The maximum Gasteiger partial charge on any atom is 0.573 e. The third kappa shape index (κ3) is 5.71. The number of nitrogens with zero attached hydrogens (tertiary/aromatic N) is 3. The second-order valence-electron chi connectivity index (χ2n) is 6.89. The summed E-state index contributed by atoms with van der Waals surface area (Å²) in [5.41, 5.74) is 2.90. The molecule has 8 nitrogen and oxygen atoms in total. The number of amides is 1. The minimum Gasteiger partial charge on any atom is -0.406 e. The number of halogens is 3. The number of nitrogens with one attached hydrogen (secondary N) is 2. The lowest BCUT2D eigenvalue weighted by molar-refractivity contribution is -0.274. The molecule has 31 heavy (non-hydrogen) atoms. The molecule has 3 rings (SSSR count). The molecule has 0 aliphatic carbocycles. The molecule has 0 unspecified atom stereocenters. The third-order valence-electron chi connectivity index (χ3n) is 4.47. The van der Waals surface area contributed by atoms with Crippen molar-refractivity contribution in [3.63, 3.8) is 0 Å². The van der Waals surface area contributed by atoms with Crippen LogP contribution in [-0.4, -0.2) is 32.0 Å². The van der Waals surface area contributed by atoms with Crippen molar-refractivity contribution in [2.24, 2.45) is 0 Å². The average molecular weight is 435 g/mol. The summed E-state index contributed by atoms with van der Waals surface area (Å²) in [5, 5.41) is 7.04. The van der Waals surface area contributed by atoms with E-state index in [0.717, 1.165) is 23.4 Å². The zero-order valence-corrected chi connectivity index (χ0v) is 17.0. The van der Waals surface area contributed by atoms with Gasteiger partial charge < -0.3 is 10.1 Å². The summed E-state index contributed by atoms with van der Waals surface area (Å²) < 4.78 is 41.9. The number of benzene rings is 1. The Hall–Kier alpha value is -3.63. The molecule has 0 saturated heterocycles. The molecule has 0 fully saturated rings. The van der Waals surface area contributed by atoms with Crippen LogP contribution in [-0.2, 0) is 11.2 Å². The molecule has 2 aromatic heterocycles. The molecular weight excluding hydrogens is 415 g/mol. The first-order chi connectivity index (χ1) is 14.5. The van der Waals surface area contributed by atoms with Crippen LogP contribution >= 0.6 is 0 Å². The Bertz CT molecular complexity index is 1150. The highest BCUT2D eigenvalue weighted by atomic mass is 19.4.